The van der Waals surface area contributed by atoms with Crippen molar-refractivity contribution < 1.29 is 19.0 Å². The molecule has 0 rings (SSSR count). The van der Waals surface area contributed by atoms with E-state index < -0.39 is 11.6 Å². The zero-order valence-corrected chi connectivity index (χ0v) is 9.63. The van der Waals surface area contributed by atoms with Gasteiger partial charge >= 0.3 is 5.30 Å². The van der Waals surface area contributed by atoms with Crippen LogP contribution in [0.1, 0.15) is 33.6 Å². The van der Waals surface area contributed by atoms with Crippen LogP contribution in [-0.4, -0.2) is 24.5 Å². The molecule has 0 bridgehead atoms. The van der Waals surface area contributed by atoms with E-state index >= 15 is 0 Å². The van der Waals surface area contributed by atoms with Crippen molar-refractivity contribution in [2.45, 2.75) is 46.2 Å². The number of ether oxygens (including phenoxy) is 3. The predicted octanol–water partition coefficient (Wildman–Crippen LogP) is 2.85. The third-order valence-electron chi connectivity index (χ3n) is 1.50. The average molecular weight is 221 g/mol. The van der Waals surface area contributed by atoms with Crippen molar-refractivity contribution in [1.82, 2.24) is 0 Å². The topological polar surface area (TPSA) is 44.8 Å². The first-order chi connectivity index (χ1) is 6.56. The molecule has 0 N–H and O–H groups in total. The molecule has 2 atom stereocenters. The summed E-state index contributed by atoms with van der Waals surface area (Å²) in [6.07, 6.45) is 1.02. The Morgan fingerprint density at radius 2 is 2.00 bits per heavy atom. The van der Waals surface area contributed by atoms with Gasteiger partial charge in [0, 0.05) is 19.2 Å². The Labute approximate surface area is 90.3 Å². The molecule has 5 heteroatoms. The van der Waals surface area contributed by atoms with Crippen molar-refractivity contribution in [1.29, 1.82) is 0 Å². The van der Waals surface area contributed by atoms with Gasteiger partial charge in [0.05, 0.1) is 0 Å². The van der Waals surface area contributed by atoms with Gasteiger partial charge in [0.1, 0.15) is 0 Å². The van der Waals surface area contributed by atoms with Gasteiger partial charge in [0.2, 0.25) is 6.29 Å². The zero-order chi connectivity index (χ0) is 11.0. The molecule has 83 valence electrons. The van der Waals surface area contributed by atoms with Crippen LogP contribution in [0.15, 0.2) is 0 Å². The van der Waals surface area contributed by atoms with E-state index in [0.29, 0.717) is 6.61 Å². The lowest BCUT2D eigenvalue weighted by Gasteiger charge is -2.18. The molecule has 0 spiro atoms. The van der Waals surface area contributed by atoms with Gasteiger partial charge in [0.15, 0.2) is 6.29 Å². The molecule has 0 saturated heterocycles. The summed E-state index contributed by atoms with van der Waals surface area (Å²) in [4.78, 5) is 10.4. The standard InChI is InChI=1S/C9H17O4S/c1-4-5-6-11-7(2)12-8(3)13-9(10)14/h7-8H,4-6H2,1-3H3. The van der Waals surface area contributed by atoms with Gasteiger partial charge in [-0.25, -0.2) is 4.79 Å². The second-order valence-corrected chi connectivity index (χ2v) is 3.20. The fraction of sp³-hybridized carbons (Fsp3) is 0.889. The number of carbonyl (C=O) groups is 1. The molecule has 0 aromatic rings. The molecular formula is C9H17O4S. The molecule has 0 aliphatic rings. The molecule has 0 heterocycles. The van der Waals surface area contributed by atoms with E-state index in [0.717, 1.165) is 12.8 Å². The summed E-state index contributed by atoms with van der Waals surface area (Å²) in [5, 5.41) is -0.766. The summed E-state index contributed by atoms with van der Waals surface area (Å²) in [5.74, 6) is 0. The largest absolute Gasteiger partial charge is 0.424 e. The molecule has 0 amide bonds. The van der Waals surface area contributed by atoms with Crippen LogP contribution < -0.4 is 0 Å². The first-order valence-corrected chi connectivity index (χ1v) is 5.11. The normalized spacial score (nSPS) is 14.8. The Balaban J connectivity index is 3.49. The SMILES string of the molecule is CCCCOC(C)OC(C)OC(=O)[S]. The van der Waals surface area contributed by atoms with Gasteiger partial charge in [-0.15, -0.1) is 0 Å². The summed E-state index contributed by atoms with van der Waals surface area (Å²) in [6, 6.07) is 0. The number of unbranched alkanes of at least 4 members (excludes halogenated alkanes) is 1. The van der Waals surface area contributed by atoms with E-state index in [-0.39, 0.29) is 6.29 Å². The van der Waals surface area contributed by atoms with Gasteiger partial charge in [0.25, 0.3) is 0 Å². The van der Waals surface area contributed by atoms with E-state index in [2.05, 4.69) is 24.3 Å². The number of hydrogen-bond acceptors (Lipinski definition) is 4. The summed E-state index contributed by atoms with van der Waals surface area (Å²) < 4.78 is 15.1. The van der Waals surface area contributed by atoms with Crippen molar-refractivity contribution in [2.24, 2.45) is 0 Å². The lowest BCUT2D eigenvalue weighted by atomic mass is 10.4. The fourth-order valence-corrected chi connectivity index (χ4v) is 1.00. The molecule has 2 unspecified atom stereocenters. The van der Waals surface area contributed by atoms with Crippen LogP contribution in [0.2, 0.25) is 0 Å². The second kappa shape index (κ2) is 7.96. The van der Waals surface area contributed by atoms with Crippen molar-refractivity contribution >= 4 is 17.9 Å². The summed E-state index contributed by atoms with van der Waals surface area (Å²) in [7, 11) is 0. The summed E-state index contributed by atoms with van der Waals surface area (Å²) in [6.45, 7) is 6.08. The molecule has 0 aromatic heterocycles. The van der Waals surface area contributed by atoms with Crippen LogP contribution in [0.25, 0.3) is 0 Å². The Morgan fingerprint density at radius 3 is 2.50 bits per heavy atom. The third kappa shape index (κ3) is 8.22. The van der Waals surface area contributed by atoms with E-state index in [1.165, 1.54) is 0 Å². The highest BCUT2D eigenvalue weighted by Crippen LogP contribution is 2.04. The quantitative estimate of drug-likeness (QED) is 0.377. The highest BCUT2D eigenvalue weighted by molar-refractivity contribution is 7.96. The molecule has 0 aliphatic carbocycles. The lowest BCUT2D eigenvalue weighted by molar-refractivity contribution is -0.210. The molecule has 0 saturated carbocycles. The maximum Gasteiger partial charge on any atom is 0.402 e. The van der Waals surface area contributed by atoms with Gasteiger partial charge < -0.3 is 14.2 Å². The van der Waals surface area contributed by atoms with E-state index in [1.54, 1.807) is 13.8 Å². The Hall–Kier alpha value is -0.390. The predicted molar refractivity (Wildman–Crippen MR) is 54.9 cm³/mol. The van der Waals surface area contributed by atoms with Crippen molar-refractivity contribution in [3.63, 3.8) is 0 Å². The van der Waals surface area contributed by atoms with E-state index in [1.807, 2.05) is 0 Å². The number of hydrogen-bond donors (Lipinski definition) is 0. The van der Waals surface area contributed by atoms with Gasteiger partial charge in [-0.2, -0.15) is 0 Å². The second-order valence-electron chi connectivity index (χ2n) is 2.86. The van der Waals surface area contributed by atoms with E-state index in [9.17, 15) is 4.79 Å². The van der Waals surface area contributed by atoms with Crippen molar-refractivity contribution in [2.75, 3.05) is 6.61 Å². The molecule has 14 heavy (non-hydrogen) atoms. The Morgan fingerprint density at radius 1 is 1.36 bits per heavy atom. The molecule has 1 radical (unpaired) electrons. The minimum absolute atomic E-state index is 0.383. The maximum absolute atomic E-state index is 10.4. The zero-order valence-electron chi connectivity index (χ0n) is 8.82. The minimum Gasteiger partial charge on any atom is -0.424 e. The van der Waals surface area contributed by atoms with Crippen LogP contribution in [0.4, 0.5) is 4.79 Å². The fourth-order valence-electron chi connectivity index (χ4n) is 0.866. The first kappa shape index (κ1) is 13.6. The van der Waals surface area contributed by atoms with Crippen molar-refractivity contribution in [3.05, 3.63) is 0 Å². The maximum atomic E-state index is 10.4. The average Bonchev–Trinajstić information content (AvgIpc) is 2.02. The highest BCUT2D eigenvalue weighted by atomic mass is 32.1. The number of rotatable bonds is 7. The Kier molecular flexibility index (Phi) is 7.74. The van der Waals surface area contributed by atoms with Crippen molar-refractivity contribution in [3.8, 4) is 0 Å². The highest BCUT2D eigenvalue weighted by Gasteiger charge is 2.11. The Bertz CT molecular complexity index is 163. The van der Waals surface area contributed by atoms with Crippen LogP contribution in [0.5, 0.6) is 0 Å². The van der Waals surface area contributed by atoms with Crippen LogP contribution in [0, 0.1) is 0 Å². The minimum atomic E-state index is -0.766. The molecule has 0 aromatic carbocycles. The summed E-state index contributed by atoms with van der Waals surface area (Å²) >= 11 is 4.23. The van der Waals surface area contributed by atoms with Crippen LogP contribution in [-0.2, 0) is 14.2 Å². The lowest BCUT2D eigenvalue weighted by Crippen LogP contribution is -2.23. The monoisotopic (exact) mass is 221 g/mol. The van der Waals surface area contributed by atoms with E-state index in [4.69, 9.17) is 9.47 Å². The van der Waals surface area contributed by atoms with Gasteiger partial charge in [-0.3, -0.25) is 0 Å². The first-order valence-electron chi connectivity index (χ1n) is 4.71. The van der Waals surface area contributed by atoms with Crippen LogP contribution in [0.3, 0.4) is 0 Å². The summed E-state index contributed by atoms with van der Waals surface area (Å²) in [5.41, 5.74) is 0. The molecule has 0 aliphatic heterocycles. The smallest absolute Gasteiger partial charge is 0.402 e. The van der Waals surface area contributed by atoms with Gasteiger partial charge in [-0.05, 0) is 20.3 Å². The van der Waals surface area contributed by atoms with Gasteiger partial charge in [-0.1, -0.05) is 13.3 Å². The molecule has 0 fully saturated rings. The number of carbonyl (C=O) groups excluding carboxylic acids is 1. The molecule has 4 nitrogen and oxygen atoms in total. The molecular weight excluding hydrogens is 204 g/mol. The third-order valence-corrected chi connectivity index (χ3v) is 1.59. The van der Waals surface area contributed by atoms with Crippen LogP contribution >= 0.6 is 12.6 Å².